The third kappa shape index (κ3) is 1.66. The lowest BCUT2D eigenvalue weighted by molar-refractivity contribution is 1.10. The molecule has 0 aliphatic rings. The molecule has 17 heavy (non-hydrogen) atoms. The van der Waals surface area contributed by atoms with Crippen LogP contribution in [0.25, 0.3) is 21.3 Å². The first-order valence-electron chi connectivity index (χ1n) is 5.33. The van der Waals surface area contributed by atoms with Crippen molar-refractivity contribution in [3.8, 4) is 10.6 Å². The van der Waals surface area contributed by atoms with E-state index in [1.165, 1.54) is 27.7 Å². The topological polar surface area (TPSA) is 51.8 Å². The van der Waals surface area contributed by atoms with Crippen molar-refractivity contribution in [2.45, 2.75) is 6.92 Å². The minimum atomic E-state index is 0.504. The van der Waals surface area contributed by atoms with Crippen LogP contribution in [0, 0.1) is 6.92 Å². The van der Waals surface area contributed by atoms with Gasteiger partial charge < -0.3 is 5.73 Å². The molecule has 0 saturated heterocycles. The number of aryl methyl sites for hydroxylation is 1. The van der Waals surface area contributed by atoms with Gasteiger partial charge in [0.1, 0.15) is 5.01 Å². The summed E-state index contributed by atoms with van der Waals surface area (Å²) in [5.41, 5.74) is 8.00. The van der Waals surface area contributed by atoms with Crippen molar-refractivity contribution in [1.29, 1.82) is 0 Å². The zero-order valence-corrected chi connectivity index (χ0v) is 10.2. The second kappa shape index (κ2) is 3.82. The Bertz CT molecular complexity index is 688. The molecular weight excluding hydrogens is 230 g/mol. The average Bonchev–Trinajstić information content (AvgIpc) is 2.77. The first-order chi connectivity index (χ1) is 8.25. The third-order valence-electron chi connectivity index (χ3n) is 2.81. The molecule has 0 unspecified atom stereocenters. The van der Waals surface area contributed by atoms with E-state index in [0.717, 1.165) is 10.6 Å². The predicted molar refractivity (Wildman–Crippen MR) is 72.0 cm³/mol. The van der Waals surface area contributed by atoms with Gasteiger partial charge in [-0.15, -0.1) is 10.2 Å². The highest BCUT2D eigenvalue weighted by atomic mass is 32.1. The van der Waals surface area contributed by atoms with Gasteiger partial charge in [-0.05, 0) is 23.3 Å². The van der Waals surface area contributed by atoms with Gasteiger partial charge >= 0.3 is 0 Å². The van der Waals surface area contributed by atoms with Crippen molar-refractivity contribution in [1.82, 2.24) is 10.2 Å². The smallest absolute Gasteiger partial charge is 0.203 e. The molecule has 2 aromatic carbocycles. The number of rotatable bonds is 1. The minimum absolute atomic E-state index is 0.504. The average molecular weight is 241 g/mol. The van der Waals surface area contributed by atoms with E-state index in [0.29, 0.717) is 5.13 Å². The lowest BCUT2D eigenvalue weighted by atomic mass is 10.0. The van der Waals surface area contributed by atoms with E-state index < -0.39 is 0 Å². The van der Waals surface area contributed by atoms with Gasteiger partial charge in [-0.3, -0.25) is 0 Å². The Balaban J connectivity index is 2.34. The van der Waals surface area contributed by atoms with Crippen LogP contribution in [-0.4, -0.2) is 10.2 Å². The molecule has 0 bridgehead atoms. The second-order valence-corrected chi connectivity index (χ2v) is 4.93. The van der Waals surface area contributed by atoms with Crippen LogP contribution in [0.5, 0.6) is 0 Å². The SMILES string of the molecule is Cc1ccc(-c2nnc(N)s2)c2ccccc12. The Morgan fingerprint density at radius 2 is 1.76 bits per heavy atom. The molecular formula is C13H11N3S. The predicted octanol–water partition coefficient (Wildman–Crippen LogP) is 3.25. The first-order valence-corrected chi connectivity index (χ1v) is 6.15. The monoisotopic (exact) mass is 241 g/mol. The van der Waals surface area contributed by atoms with Crippen molar-refractivity contribution in [3.05, 3.63) is 42.0 Å². The van der Waals surface area contributed by atoms with Crippen molar-refractivity contribution < 1.29 is 0 Å². The van der Waals surface area contributed by atoms with Crippen molar-refractivity contribution in [2.75, 3.05) is 5.73 Å². The number of nitrogens with zero attached hydrogens (tertiary/aromatic N) is 2. The van der Waals surface area contributed by atoms with E-state index >= 15 is 0 Å². The van der Waals surface area contributed by atoms with E-state index in [-0.39, 0.29) is 0 Å². The van der Waals surface area contributed by atoms with E-state index in [4.69, 9.17) is 5.73 Å². The Kier molecular flexibility index (Phi) is 2.30. The van der Waals surface area contributed by atoms with Crippen molar-refractivity contribution in [3.63, 3.8) is 0 Å². The number of aromatic nitrogens is 2. The summed E-state index contributed by atoms with van der Waals surface area (Å²) in [7, 11) is 0. The summed E-state index contributed by atoms with van der Waals surface area (Å²) < 4.78 is 0. The molecule has 3 aromatic rings. The van der Waals surface area contributed by atoms with Gasteiger partial charge in [-0.25, -0.2) is 0 Å². The fourth-order valence-electron chi connectivity index (χ4n) is 1.98. The number of hydrogen-bond acceptors (Lipinski definition) is 4. The van der Waals surface area contributed by atoms with Crippen LogP contribution < -0.4 is 5.73 Å². The number of hydrogen-bond donors (Lipinski definition) is 1. The molecule has 1 aromatic heterocycles. The summed E-state index contributed by atoms with van der Waals surface area (Å²) in [6.45, 7) is 2.11. The number of fused-ring (bicyclic) bond motifs is 1. The fourth-order valence-corrected chi connectivity index (χ4v) is 2.63. The number of nitrogen functional groups attached to an aromatic ring is 1. The molecule has 0 amide bonds. The summed E-state index contributed by atoms with van der Waals surface area (Å²) >= 11 is 1.42. The Labute approximate surface area is 103 Å². The van der Waals surface area contributed by atoms with Gasteiger partial charge in [-0.1, -0.05) is 47.7 Å². The number of nitrogens with two attached hydrogens (primary N) is 1. The molecule has 0 spiro atoms. The quantitative estimate of drug-likeness (QED) is 0.711. The van der Waals surface area contributed by atoms with Gasteiger partial charge in [0.15, 0.2) is 0 Å². The van der Waals surface area contributed by atoms with Crippen LogP contribution in [0.4, 0.5) is 5.13 Å². The maximum absolute atomic E-state index is 5.63. The van der Waals surface area contributed by atoms with E-state index in [9.17, 15) is 0 Å². The van der Waals surface area contributed by atoms with E-state index in [1.807, 2.05) is 12.1 Å². The molecule has 84 valence electrons. The van der Waals surface area contributed by atoms with E-state index in [1.54, 1.807) is 0 Å². The highest BCUT2D eigenvalue weighted by molar-refractivity contribution is 7.18. The lowest BCUT2D eigenvalue weighted by Crippen LogP contribution is -1.84. The van der Waals surface area contributed by atoms with Gasteiger partial charge in [0.25, 0.3) is 0 Å². The van der Waals surface area contributed by atoms with Gasteiger partial charge in [0, 0.05) is 5.56 Å². The molecule has 0 fully saturated rings. The number of anilines is 1. The zero-order chi connectivity index (χ0) is 11.8. The van der Waals surface area contributed by atoms with E-state index in [2.05, 4.69) is 41.4 Å². The summed E-state index contributed by atoms with van der Waals surface area (Å²) in [6.07, 6.45) is 0. The van der Waals surface area contributed by atoms with Crippen LogP contribution in [0.15, 0.2) is 36.4 Å². The van der Waals surface area contributed by atoms with Crippen LogP contribution in [0.2, 0.25) is 0 Å². The Morgan fingerprint density at radius 3 is 2.47 bits per heavy atom. The van der Waals surface area contributed by atoms with Crippen molar-refractivity contribution in [2.24, 2.45) is 0 Å². The molecule has 2 N–H and O–H groups in total. The zero-order valence-electron chi connectivity index (χ0n) is 9.34. The summed E-state index contributed by atoms with van der Waals surface area (Å²) in [5.74, 6) is 0. The molecule has 0 saturated carbocycles. The maximum atomic E-state index is 5.63. The van der Waals surface area contributed by atoms with Crippen LogP contribution in [0.1, 0.15) is 5.56 Å². The van der Waals surface area contributed by atoms with Crippen LogP contribution in [0.3, 0.4) is 0 Å². The normalized spacial score (nSPS) is 10.9. The molecule has 0 aliphatic heterocycles. The maximum Gasteiger partial charge on any atom is 0.203 e. The second-order valence-electron chi connectivity index (χ2n) is 3.92. The van der Waals surface area contributed by atoms with Gasteiger partial charge in [0.05, 0.1) is 0 Å². The van der Waals surface area contributed by atoms with Crippen LogP contribution >= 0.6 is 11.3 Å². The molecule has 0 radical (unpaired) electrons. The lowest BCUT2D eigenvalue weighted by Gasteiger charge is -2.05. The highest BCUT2D eigenvalue weighted by Crippen LogP contribution is 2.32. The summed E-state index contributed by atoms with van der Waals surface area (Å²) in [6, 6.07) is 12.5. The molecule has 1 heterocycles. The standard InChI is InChI=1S/C13H11N3S/c1-8-6-7-11(12-15-16-13(14)17-12)10-5-3-2-4-9(8)10/h2-7H,1H3,(H2,14,16). The molecule has 4 heteroatoms. The van der Waals surface area contributed by atoms with Crippen LogP contribution in [-0.2, 0) is 0 Å². The third-order valence-corrected chi connectivity index (χ3v) is 3.60. The Morgan fingerprint density at radius 1 is 1.00 bits per heavy atom. The highest BCUT2D eigenvalue weighted by Gasteiger charge is 2.09. The molecule has 3 nitrogen and oxygen atoms in total. The molecule has 0 atom stereocenters. The largest absolute Gasteiger partial charge is 0.374 e. The summed E-state index contributed by atoms with van der Waals surface area (Å²) in [5, 5.41) is 11.8. The molecule has 0 aliphatic carbocycles. The number of benzene rings is 2. The van der Waals surface area contributed by atoms with Gasteiger partial charge in [0.2, 0.25) is 5.13 Å². The fraction of sp³-hybridized carbons (Fsp3) is 0.0769. The minimum Gasteiger partial charge on any atom is -0.374 e. The van der Waals surface area contributed by atoms with Crippen molar-refractivity contribution >= 4 is 27.2 Å². The summed E-state index contributed by atoms with van der Waals surface area (Å²) in [4.78, 5) is 0. The Hall–Kier alpha value is -1.94. The molecule has 3 rings (SSSR count). The van der Waals surface area contributed by atoms with Gasteiger partial charge in [-0.2, -0.15) is 0 Å². The first kappa shape index (κ1) is 10.2.